The van der Waals surface area contributed by atoms with Gasteiger partial charge in [0, 0.05) is 24.6 Å². The minimum Gasteiger partial charge on any atom is -0.351 e. The lowest BCUT2D eigenvalue weighted by atomic mass is 10.1. The van der Waals surface area contributed by atoms with Crippen molar-refractivity contribution in [3.8, 4) is 0 Å². The summed E-state index contributed by atoms with van der Waals surface area (Å²) in [6, 6.07) is 9.36. The van der Waals surface area contributed by atoms with Crippen LogP contribution in [0.1, 0.15) is 16.8 Å². The number of hydrogen-bond donors (Lipinski definition) is 1. The van der Waals surface area contributed by atoms with Crippen molar-refractivity contribution in [3.63, 3.8) is 0 Å². The molecule has 0 unspecified atom stereocenters. The number of nitrogens with zero attached hydrogens (tertiary/aromatic N) is 2. The summed E-state index contributed by atoms with van der Waals surface area (Å²) < 4.78 is 1.85. The number of rotatable bonds is 4. The maximum absolute atomic E-state index is 12.5. The summed E-state index contributed by atoms with van der Waals surface area (Å²) in [5.41, 5.74) is 3.51. The number of benzene rings is 1. The van der Waals surface area contributed by atoms with E-state index >= 15 is 0 Å². The summed E-state index contributed by atoms with van der Waals surface area (Å²) in [4.78, 5) is 38.2. The molecule has 0 radical (unpaired) electrons. The first-order chi connectivity index (χ1) is 12.3. The molecular formula is C19H19N3O3S. The summed E-state index contributed by atoms with van der Waals surface area (Å²) in [5, 5.41) is 2.32. The molecule has 3 amide bonds. The summed E-state index contributed by atoms with van der Waals surface area (Å²) in [6.45, 7) is 3.56. The molecule has 134 valence electrons. The van der Waals surface area contributed by atoms with E-state index in [1.807, 2.05) is 62.0 Å². The molecule has 1 aliphatic rings. The first-order valence-electron chi connectivity index (χ1n) is 8.09. The van der Waals surface area contributed by atoms with E-state index in [0.717, 1.165) is 33.5 Å². The fourth-order valence-corrected chi connectivity index (χ4v) is 3.51. The van der Waals surface area contributed by atoms with Gasteiger partial charge >= 0.3 is 0 Å². The molecule has 26 heavy (non-hydrogen) atoms. The van der Waals surface area contributed by atoms with Gasteiger partial charge < -0.3 is 9.88 Å². The average Bonchev–Trinajstić information content (AvgIpc) is 3.09. The molecule has 1 aromatic carbocycles. The van der Waals surface area contributed by atoms with E-state index in [2.05, 4.69) is 5.32 Å². The molecule has 0 spiro atoms. The number of aryl methyl sites for hydroxylation is 3. The fraction of sp³-hybridized carbons (Fsp3) is 0.211. The number of aromatic nitrogens is 1. The van der Waals surface area contributed by atoms with Gasteiger partial charge in [0.25, 0.3) is 11.1 Å². The summed E-state index contributed by atoms with van der Waals surface area (Å²) in [5.74, 6) is -0.851. The van der Waals surface area contributed by atoms with Crippen LogP contribution in [0.4, 0.5) is 10.5 Å². The Kier molecular flexibility index (Phi) is 4.99. The smallest absolute Gasteiger partial charge is 0.294 e. The molecular weight excluding hydrogens is 350 g/mol. The standard InChI is InChI=1S/C19H19N3O3S/c1-12-6-7-15(13(2)9-12)20-17(23)11-22-18(24)16(26-19(22)25)10-14-5-4-8-21(14)3/h4-10H,11H2,1-3H3,(H,20,23). The molecule has 1 aliphatic heterocycles. The second-order valence-corrected chi connectivity index (χ2v) is 7.17. The average molecular weight is 369 g/mol. The summed E-state index contributed by atoms with van der Waals surface area (Å²) in [6.07, 6.45) is 3.51. The quantitative estimate of drug-likeness (QED) is 0.840. The highest BCUT2D eigenvalue weighted by Crippen LogP contribution is 2.32. The monoisotopic (exact) mass is 369 g/mol. The van der Waals surface area contributed by atoms with Crippen LogP contribution in [0, 0.1) is 13.8 Å². The van der Waals surface area contributed by atoms with Gasteiger partial charge in [-0.3, -0.25) is 19.3 Å². The topological polar surface area (TPSA) is 71.4 Å². The maximum atomic E-state index is 12.5. The van der Waals surface area contributed by atoms with Crippen LogP contribution < -0.4 is 5.32 Å². The van der Waals surface area contributed by atoms with Crippen LogP contribution in [0.3, 0.4) is 0 Å². The Morgan fingerprint density at radius 1 is 1.23 bits per heavy atom. The number of carbonyl (C=O) groups excluding carboxylic acids is 3. The van der Waals surface area contributed by atoms with Crippen molar-refractivity contribution in [2.75, 3.05) is 11.9 Å². The van der Waals surface area contributed by atoms with Gasteiger partial charge in [-0.1, -0.05) is 17.7 Å². The zero-order chi connectivity index (χ0) is 18.8. The van der Waals surface area contributed by atoms with Crippen molar-refractivity contribution >= 4 is 40.6 Å². The van der Waals surface area contributed by atoms with Crippen LogP contribution in [0.15, 0.2) is 41.4 Å². The van der Waals surface area contributed by atoms with Gasteiger partial charge in [-0.2, -0.15) is 0 Å². The van der Waals surface area contributed by atoms with E-state index in [4.69, 9.17) is 0 Å². The van der Waals surface area contributed by atoms with E-state index in [1.165, 1.54) is 0 Å². The predicted octanol–water partition coefficient (Wildman–Crippen LogP) is 3.32. The van der Waals surface area contributed by atoms with Crippen molar-refractivity contribution < 1.29 is 14.4 Å². The van der Waals surface area contributed by atoms with Crippen LogP contribution in [0.25, 0.3) is 6.08 Å². The highest BCUT2D eigenvalue weighted by atomic mass is 32.2. The Morgan fingerprint density at radius 2 is 2.00 bits per heavy atom. The van der Waals surface area contributed by atoms with Crippen LogP contribution in [0.2, 0.25) is 0 Å². The van der Waals surface area contributed by atoms with Crippen molar-refractivity contribution in [2.24, 2.45) is 7.05 Å². The second-order valence-electron chi connectivity index (χ2n) is 6.18. The normalized spacial score (nSPS) is 15.8. The minimum atomic E-state index is -0.447. The van der Waals surface area contributed by atoms with Gasteiger partial charge in [-0.15, -0.1) is 0 Å². The third kappa shape index (κ3) is 3.72. The lowest BCUT2D eigenvalue weighted by molar-refractivity contribution is -0.127. The third-order valence-electron chi connectivity index (χ3n) is 4.09. The van der Waals surface area contributed by atoms with Gasteiger partial charge in [0.05, 0.1) is 4.91 Å². The molecule has 0 bridgehead atoms. The third-order valence-corrected chi connectivity index (χ3v) is 5.00. The first kappa shape index (κ1) is 18.0. The molecule has 0 saturated carbocycles. The molecule has 2 aromatic rings. The lowest BCUT2D eigenvalue weighted by Gasteiger charge is -2.14. The number of anilines is 1. The highest BCUT2D eigenvalue weighted by Gasteiger charge is 2.36. The van der Waals surface area contributed by atoms with Gasteiger partial charge in [0.2, 0.25) is 5.91 Å². The van der Waals surface area contributed by atoms with Gasteiger partial charge in [0.1, 0.15) is 6.54 Å². The Balaban J connectivity index is 1.70. The molecule has 1 aromatic heterocycles. The zero-order valence-electron chi connectivity index (χ0n) is 14.8. The molecule has 7 heteroatoms. The van der Waals surface area contributed by atoms with Crippen molar-refractivity contribution in [2.45, 2.75) is 13.8 Å². The summed E-state index contributed by atoms with van der Waals surface area (Å²) >= 11 is 0.847. The van der Waals surface area contributed by atoms with E-state index in [0.29, 0.717) is 10.6 Å². The second kappa shape index (κ2) is 7.21. The predicted molar refractivity (Wildman–Crippen MR) is 103 cm³/mol. The number of imide groups is 1. The van der Waals surface area contributed by atoms with Crippen LogP contribution >= 0.6 is 11.8 Å². The number of carbonyl (C=O) groups is 3. The van der Waals surface area contributed by atoms with Gasteiger partial charge in [-0.25, -0.2) is 0 Å². The Bertz CT molecular complexity index is 930. The number of nitrogens with one attached hydrogen (secondary N) is 1. The molecule has 1 saturated heterocycles. The summed E-state index contributed by atoms with van der Waals surface area (Å²) in [7, 11) is 1.85. The molecule has 3 rings (SSSR count). The number of hydrogen-bond acceptors (Lipinski definition) is 4. The SMILES string of the molecule is Cc1ccc(NC(=O)CN2C(=O)SC(=Cc3cccn3C)C2=O)c(C)c1. The van der Waals surface area contributed by atoms with Crippen molar-refractivity contribution in [1.29, 1.82) is 0 Å². The van der Waals surface area contributed by atoms with Crippen LogP contribution in [0.5, 0.6) is 0 Å². The molecule has 6 nitrogen and oxygen atoms in total. The Hall–Kier alpha value is -2.80. The van der Waals surface area contributed by atoms with Crippen LogP contribution in [-0.4, -0.2) is 33.1 Å². The van der Waals surface area contributed by atoms with Crippen molar-refractivity contribution in [3.05, 3.63) is 58.3 Å². The Morgan fingerprint density at radius 3 is 2.65 bits per heavy atom. The van der Waals surface area contributed by atoms with Crippen LogP contribution in [-0.2, 0) is 16.6 Å². The first-order valence-corrected chi connectivity index (χ1v) is 8.90. The van der Waals surface area contributed by atoms with Gasteiger partial charge in [0.15, 0.2) is 0 Å². The van der Waals surface area contributed by atoms with E-state index < -0.39 is 17.1 Å². The molecule has 2 heterocycles. The van der Waals surface area contributed by atoms with E-state index in [1.54, 1.807) is 6.08 Å². The Labute approximate surface area is 155 Å². The van der Waals surface area contributed by atoms with E-state index in [-0.39, 0.29) is 6.54 Å². The zero-order valence-corrected chi connectivity index (χ0v) is 15.6. The number of amides is 3. The minimum absolute atomic E-state index is 0.303. The van der Waals surface area contributed by atoms with E-state index in [9.17, 15) is 14.4 Å². The maximum Gasteiger partial charge on any atom is 0.294 e. The number of thioether (sulfide) groups is 1. The van der Waals surface area contributed by atoms with Crippen molar-refractivity contribution in [1.82, 2.24) is 9.47 Å². The highest BCUT2D eigenvalue weighted by molar-refractivity contribution is 8.18. The molecule has 0 aliphatic carbocycles. The van der Waals surface area contributed by atoms with Gasteiger partial charge in [-0.05, 0) is 55.4 Å². The molecule has 1 N–H and O–H groups in total. The molecule has 1 fully saturated rings. The molecule has 0 atom stereocenters. The largest absolute Gasteiger partial charge is 0.351 e. The lowest BCUT2D eigenvalue weighted by Crippen LogP contribution is -2.36. The fourth-order valence-electron chi connectivity index (χ4n) is 2.68.